The molecule has 0 fully saturated rings. The molecule has 5 heteroatoms. The number of aromatic nitrogens is 1. The maximum absolute atomic E-state index is 12.2. The van der Waals surface area contributed by atoms with E-state index in [9.17, 15) is 9.90 Å². The van der Waals surface area contributed by atoms with E-state index in [1.54, 1.807) is 18.2 Å². The Balaban J connectivity index is 1.94. The third-order valence-corrected chi connectivity index (χ3v) is 3.32. The highest BCUT2D eigenvalue weighted by molar-refractivity contribution is 6.35. The van der Waals surface area contributed by atoms with E-state index in [2.05, 4.69) is 10.3 Å². The van der Waals surface area contributed by atoms with Gasteiger partial charge in [0.1, 0.15) is 11.4 Å². The Kier molecular flexibility index (Phi) is 3.46. The van der Waals surface area contributed by atoms with Gasteiger partial charge in [-0.05, 0) is 24.3 Å². The van der Waals surface area contributed by atoms with Crippen molar-refractivity contribution in [3.63, 3.8) is 0 Å². The average Bonchev–Trinajstić information content (AvgIpc) is 2.47. The molecule has 3 aromatic rings. The van der Waals surface area contributed by atoms with Gasteiger partial charge in [-0.15, -0.1) is 0 Å². The van der Waals surface area contributed by atoms with Crippen molar-refractivity contribution in [1.82, 2.24) is 4.98 Å². The first-order valence-corrected chi connectivity index (χ1v) is 6.67. The molecule has 0 saturated carbocycles. The van der Waals surface area contributed by atoms with Crippen molar-refractivity contribution in [1.29, 1.82) is 0 Å². The van der Waals surface area contributed by atoms with Gasteiger partial charge >= 0.3 is 0 Å². The Morgan fingerprint density at radius 1 is 1.10 bits per heavy atom. The number of benzene rings is 2. The van der Waals surface area contributed by atoms with Crippen molar-refractivity contribution in [2.75, 3.05) is 5.32 Å². The van der Waals surface area contributed by atoms with Gasteiger partial charge in [0.05, 0.1) is 10.5 Å². The smallest absolute Gasteiger partial charge is 0.274 e. The van der Waals surface area contributed by atoms with Crippen LogP contribution >= 0.6 is 11.6 Å². The minimum absolute atomic E-state index is 0.0808. The van der Waals surface area contributed by atoms with Gasteiger partial charge in [0, 0.05) is 17.1 Å². The fraction of sp³-hybridized carbons (Fsp3) is 0. The van der Waals surface area contributed by atoms with Gasteiger partial charge in [-0.25, -0.2) is 4.98 Å². The second-order valence-corrected chi connectivity index (χ2v) is 4.92. The molecule has 2 N–H and O–H groups in total. The number of carbonyl (C=O) groups excluding carboxylic acids is 1. The van der Waals surface area contributed by atoms with Crippen LogP contribution in [0.5, 0.6) is 5.75 Å². The van der Waals surface area contributed by atoms with E-state index in [1.165, 1.54) is 18.2 Å². The number of hydrogen-bond donors (Lipinski definition) is 2. The highest BCUT2D eigenvalue weighted by Gasteiger charge is 2.11. The van der Waals surface area contributed by atoms with Gasteiger partial charge in [0.25, 0.3) is 5.91 Å². The predicted molar refractivity (Wildman–Crippen MR) is 82.8 cm³/mol. The molecule has 104 valence electrons. The van der Waals surface area contributed by atoms with Crippen molar-refractivity contribution < 1.29 is 9.90 Å². The van der Waals surface area contributed by atoms with Crippen LogP contribution in [0.4, 0.5) is 5.69 Å². The Morgan fingerprint density at radius 2 is 1.90 bits per heavy atom. The molecule has 0 aliphatic rings. The van der Waals surface area contributed by atoms with E-state index < -0.39 is 0 Å². The largest absolute Gasteiger partial charge is 0.508 e. The van der Waals surface area contributed by atoms with Crippen LogP contribution in [0.3, 0.4) is 0 Å². The summed E-state index contributed by atoms with van der Waals surface area (Å²) >= 11 is 6.17. The van der Waals surface area contributed by atoms with Gasteiger partial charge in [-0.3, -0.25) is 4.79 Å². The molecule has 4 nitrogen and oxygen atoms in total. The quantitative estimate of drug-likeness (QED) is 0.755. The van der Waals surface area contributed by atoms with Crippen LogP contribution in [-0.4, -0.2) is 16.0 Å². The summed E-state index contributed by atoms with van der Waals surface area (Å²) in [5.74, 6) is -0.300. The Morgan fingerprint density at radius 3 is 2.71 bits per heavy atom. The van der Waals surface area contributed by atoms with E-state index in [-0.39, 0.29) is 17.4 Å². The molecule has 1 amide bonds. The molecular formula is C16H11ClN2O2. The lowest BCUT2D eigenvalue weighted by atomic mass is 10.2. The molecule has 0 unspecified atom stereocenters. The zero-order valence-corrected chi connectivity index (χ0v) is 11.6. The van der Waals surface area contributed by atoms with Crippen molar-refractivity contribution in [3.05, 3.63) is 65.3 Å². The van der Waals surface area contributed by atoms with Gasteiger partial charge in [-0.1, -0.05) is 35.9 Å². The number of aromatic hydroxyl groups is 1. The summed E-state index contributed by atoms with van der Waals surface area (Å²) in [4.78, 5) is 16.5. The second-order valence-electron chi connectivity index (χ2n) is 4.51. The van der Waals surface area contributed by atoms with E-state index in [0.29, 0.717) is 16.2 Å². The number of nitrogens with zero attached hydrogens (tertiary/aromatic N) is 1. The number of rotatable bonds is 2. The Hall–Kier alpha value is -2.59. The van der Waals surface area contributed by atoms with E-state index in [0.717, 1.165) is 5.39 Å². The Bertz CT molecular complexity index is 833. The lowest BCUT2D eigenvalue weighted by Gasteiger charge is -2.07. The summed E-state index contributed by atoms with van der Waals surface area (Å²) in [6, 6.07) is 15.2. The van der Waals surface area contributed by atoms with Crippen LogP contribution < -0.4 is 5.32 Å². The van der Waals surface area contributed by atoms with E-state index in [1.807, 2.05) is 18.2 Å². The third kappa shape index (κ3) is 2.80. The molecule has 0 atom stereocenters. The van der Waals surface area contributed by atoms with Gasteiger partial charge in [-0.2, -0.15) is 0 Å². The molecule has 0 aliphatic carbocycles. The van der Waals surface area contributed by atoms with Crippen LogP contribution in [0.25, 0.3) is 10.9 Å². The maximum atomic E-state index is 12.2. The number of amides is 1. The van der Waals surface area contributed by atoms with Crippen LogP contribution in [0, 0.1) is 0 Å². The van der Waals surface area contributed by atoms with Crippen LogP contribution in [0.1, 0.15) is 10.5 Å². The molecule has 0 spiro atoms. The number of carbonyl (C=O) groups is 1. The van der Waals surface area contributed by atoms with Crippen molar-refractivity contribution in [2.24, 2.45) is 0 Å². The number of pyridine rings is 1. The number of fused-ring (bicyclic) bond motifs is 1. The van der Waals surface area contributed by atoms with Crippen molar-refractivity contribution >= 4 is 34.1 Å². The summed E-state index contributed by atoms with van der Waals surface area (Å²) < 4.78 is 0. The molecule has 0 bridgehead atoms. The Labute approximate surface area is 126 Å². The number of para-hydroxylation sites is 1. The molecular weight excluding hydrogens is 288 g/mol. The molecule has 0 saturated heterocycles. The highest BCUT2D eigenvalue weighted by Crippen LogP contribution is 2.23. The average molecular weight is 299 g/mol. The van der Waals surface area contributed by atoms with Crippen molar-refractivity contribution in [3.8, 4) is 5.75 Å². The fourth-order valence-electron chi connectivity index (χ4n) is 2.03. The zero-order chi connectivity index (χ0) is 14.8. The summed E-state index contributed by atoms with van der Waals surface area (Å²) in [6.45, 7) is 0. The molecule has 0 radical (unpaired) electrons. The van der Waals surface area contributed by atoms with Crippen LogP contribution in [0.15, 0.2) is 54.6 Å². The summed E-state index contributed by atoms with van der Waals surface area (Å²) in [5.41, 5.74) is 1.37. The van der Waals surface area contributed by atoms with E-state index in [4.69, 9.17) is 11.6 Å². The number of halogens is 1. The standard InChI is InChI=1S/C16H11ClN2O2/c17-13-9-15(19-14-7-2-1-6-12(13)14)16(21)18-10-4-3-5-11(20)8-10/h1-9,20H,(H,18,21). The maximum Gasteiger partial charge on any atom is 0.274 e. The van der Waals surface area contributed by atoms with Crippen LogP contribution in [0.2, 0.25) is 5.02 Å². The number of phenolic OH excluding ortho intramolecular Hbond substituents is 1. The number of hydrogen-bond acceptors (Lipinski definition) is 3. The molecule has 21 heavy (non-hydrogen) atoms. The summed E-state index contributed by atoms with van der Waals surface area (Å²) in [5, 5.41) is 13.3. The second kappa shape index (κ2) is 5.42. The van der Waals surface area contributed by atoms with Crippen molar-refractivity contribution in [2.45, 2.75) is 0 Å². The normalized spacial score (nSPS) is 10.5. The minimum Gasteiger partial charge on any atom is -0.508 e. The number of nitrogens with one attached hydrogen (secondary N) is 1. The molecule has 0 aliphatic heterocycles. The minimum atomic E-state index is -0.381. The highest BCUT2D eigenvalue weighted by atomic mass is 35.5. The van der Waals surface area contributed by atoms with Gasteiger partial charge in [0.2, 0.25) is 0 Å². The molecule has 3 rings (SSSR count). The first kappa shape index (κ1) is 13.4. The van der Waals surface area contributed by atoms with E-state index >= 15 is 0 Å². The lowest BCUT2D eigenvalue weighted by Crippen LogP contribution is -2.13. The fourth-order valence-corrected chi connectivity index (χ4v) is 2.29. The third-order valence-electron chi connectivity index (χ3n) is 3.00. The predicted octanol–water partition coefficient (Wildman–Crippen LogP) is 3.85. The van der Waals surface area contributed by atoms with Gasteiger partial charge in [0.15, 0.2) is 0 Å². The summed E-state index contributed by atoms with van der Waals surface area (Å²) in [6.07, 6.45) is 0. The molecule has 2 aromatic carbocycles. The molecule has 1 aromatic heterocycles. The topological polar surface area (TPSA) is 62.2 Å². The lowest BCUT2D eigenvalue weighted by molar-refractivity contribution is 0.102. The van der Waals surface area contributed by atoms with Gasteiger partial charge < -0.3 is 10.4 Å². The first-order chi connectivity index (χ1) is 10.1. The zero-order valence-electron chi connectivity index (χ0n) is 10.9. The molecule has 1 heterocycles. The summed E-state index contributed by atoms with van der Waals surface area (Å²) in [7, 11) is 0. The monoisotopic (exact) mass is 298 g/mol. The SMILES string of the molecule is O=C(Nc1cccc(O)c1)c1cc(Cl)c2ccccc2n1. The first-order valence-electron chi connectivity index (χ1n) is 6.29. The number of phenols is 1. The number of anilines is 1. The van der Waals surface area contributed by atoms with Crippen LogP contribution in [-0.2, 0) is 0 Å².